The molecule has 13 aromatic rings. The number of rotatable bonds is 5. The fourth-order valence-electron chi connectivity index (χ4n) is 9.35. The Kier molecular flexibility index (Phi) is 7.17. The van der Waals surface area contributed by atoms with Crippen molar-refractivity contribution in [3.63, 3.8) is 0 Å². The number of nitrogens with zero attached hydrogens (tertiary/aromatic N) is 7. The summed E-state index contributed by atoms with van der Waals surface area (Å²) in [5, 5.41) is 6.89. The summed E-state index contributed by atoms with van der Waals surface area (Å²) in [7, 11) is 0. The first-order valence-corrected chi connectivity index (χ1v) is 20.5. The van der Waals surface area contributed by atoms with Crippen LogP contribution >= 0.6 is 0 Å². The molecule has 284 valence electrons. The predicted octanol–water partition coefficient (Wildman–Crippen LogP) is 13.0. The van der Waals surface area contributed by atoms with E-state index >= 15 is 0 Å². The zero-order valence-corrected chi connectivity index (χ0v) is 32.7. The van der Waals surface area contributed by atoms with Gasteiger partial charge < -0.3 is 4.57 Å². The molecular weight excluding hydrogens is 747 g/mol. The largest absolute Gasteiger partial charge is 0.309 e. The van der Waals surface area contributed by atoms with Gasteiger partial charge in [0.25, 0.3) is 0 Å². The van der Waals surface area contributed by atoms with Crippen LogP contribution in [0, 0.1) is 0 Å². The van der Waals surface area contributed by atoms with Crippen LogP contribution in [0.25, 0.3) is 117 Å². The van der Waals surface area contributed by atoms with E-state index in [4.69, 9.17) is 19.9 Å². The van der Waals surface area contributed by atoms with Crippen LogP contribution in [-0.2, 0) is 0 Å². The van der Waals surface area contributed by atoms with Crippen LogP contribution in [0.3, 0.4) is 0 Å². The average Bonchev–Trinajstić information content (AvgIpc) is 3.99. The van der Waals surface area contributed by atoms with Crippen molar-refractivity contribution in [1.82, 2.24) is 33.5 Å². The number of fused-ring (bicyclic) bond motifs is 13. The highest BCUT2D eigenvalue weighted by Crippen LogP contribution is 2.41. The third-order valence-electron chi connectivity index (χ3n) is 12.1. The maximum atomic E-state index is 5.54. The van der Waals surface area contributed by atoms with Crippen molar-refractivity contribution >= 4 is 71.2 Å². The zero-order valence-electron chi connectivity index (χ0n) is 32.7. The van der Waals surface area contributed by atoms with Gasteiger partial charge in [-0.25, -0.2) is 9.97 Å². The van der Waals surface area contributed by atoms with Crippen LogP contribution in [0.1, 0.15) is 0 Å². The smallest absolute Gasteiger partial charge is 0.240 e. The summed E-state index contributed by atoms with van der Waals surface area (Å²) < 4.78 is 6.82. The lowest BCUT2D eigenvalue weighted by Crippen LogP contribution is -2.06. The van der Waals surface area contributed by atoms with Crippen LogP contribution in [0.15, 0.2) is 200 Å². The summed E-state index contributed by atoms with van der Waals surface area (Å²) in [4.78, 5) is 21.0. The lowest BCUT2D eigenvalue weighted by atomic mass is 10.0. The summed E-state index contributed by atoms with van der Waals surface area (Å²) in [6.07, 6.45) is 0. The van der Waals surface area contributed by atoms with Crippen molar-refractivity contribution in [1.29, 1.82) is 0 Å². The molecule has 0 radical (unpaired) electrons. The Morgan fingerprint density at radius 1 is 0.295 bits per heavy atom. The third kappa shape index (κ3) is 5.04. The molecule has 13 rings (SSSR count). The number of benzene rings is 8. The summed E-state index contributed by atoms with van der Waals surface area (Å²) in [5.41, 5.74) is 12.3. The Labute approximate surface area is 349 Å². The van der Waals surface area contributed by atoms with Gasteiger partial charge in [0.1, 0.15) is 11.2 Å². The minimum atomic E-state index is 0.507. The Morgan fingerprint density at radius 2 is 0.787 bits per heavy atom. The van der Waals surface area contributed by atoms with E-state index in [0.717, 1.165) is 71.9 Å². The van der Waals surface area contributed by atoms with E-state index in [0.29, 0.717) is 17.6 Å². The van der Waals surface area contributed by atoms with Crippen LogP contribution in [-0.4, -0.2) is 33.5 Å². The molecule has 0 aliphatic carbocycles. The van der Waals surface area contributed by atoms with Gasteiger partial charge in [0, 0.05) is 43.7 Å². The van der Waals surface area contributed by atoms with E-state index < -0.39 is 0 Å². The van der Waals surface area contributed by atoms with Gasteiger partial charge in [0.15, 0.2) is 17.3 Å². The molecule has 0 bridgehead atoms. The van der Waals surface area contributed by atoms with Gasteiger partial charge in [0.05, 0.1) is 22.1 Å². The molecule has 8 aromatic carbocycles. The van der Waals surface area contributed by atoms with E-state index in [1.54, 1.807) is 0 Å². The first-order chi connectivity index (χ1) is 30.3. The standard InChI is InChI=1S/C54H33N7/c1-4-16-34(17-5-1)50-55-51(35-18-6-2-7-19-35)57-54(56-50)61-48-31-29-37(36-28-30-47-43(32-36)41-24-13-14-26-45(41)59(47)38-20-8-3-9-21-38)33-44(48)49-53(61)58-52-42-25-11-10-22-39(42)40-23-12-15-27-46(40)60(49)52/h1-33H. The van der Waals surface area contributed by atoms with Crippen molar-refractivity contribution < 1.29 is 0 Å². The maximum Gasteiger partial charge on any atom is 0.240 e. The molecule has 0 amide bonds. The minimum absolute atomic E-state index is 0.507. The molecule has 0 N–H and O–H groups in total. The summed E-state index contributed by atoms with van der Waals surface area (Å²) in [5.74, 6) is 1.70. The highest BCUT2D eigenvalue weighted by atomic mass is 15.2. The number of imidazole rings is 1. The van der Waals surface area contributed by atoms with E-state index in [-0.39, 0.29) is 0 Å². The second-order valence-corrected chi connectivity index (χ2v) is 15.5. The Balaban J connectivity index is 1.13. The first-order valence-electron chi connectivity index (χ1n) is 20.5. The fraction of sp³-hybridized carbons (Fsp3) is 0. The maximum absolute atomic E-state index is 5.54. The first kappa shape index (κ1) is 33.5. The van der Waals surface area contributed by atoms with Crippen molar-refractivity contribution in [2.24, 2.45) is 0 Å². The van der Waals surface area contributed by atoms with Gasteiger partial charge in [0.2, 0.25) is 5.95 Å². The van der Waals surface area contributed by atoms with E-state index in [2.05, 4.69) is 153 Å². The van der Waals surface area contributed by atoms with Gasteiger partial charge in [-0.1, -0.05) is 152 Å². The zero-order chi connectivity index (χ0) is 40.0. The Morgan fingerprint density at radius 3 is 1.44 bits per heavy atom. The highest BCUT2D eigenvalue weighted by Gasteiger charge is 2.25. The van der Waals surface area contributed by atoms with Gasteiger partial charge in [-0.15, -0.1) is 0 Å². The molecule has 5 heterocycles. The van der Waals surface area contributed by atoms with Crippen molar-refractivity contribution in [2.45, 2.75) is 0 Å². The van der Waals surface area contributed by atoms with Crippen LogP contribution in [0.2, 0.25) is 0 Å². The molecule has 0 unspecified atom stereocenters. The molecule has 7 nitrogen and oxygen atoms in total. The SMILES string of the molecule is c1ccc(-c2nc(-c3ccccc3)nc(-n3c4ccc(-c5ccc6c(c5)c5ccccc5n6-c5ccccc5)cc4c4c3nc3c5ccccc5c5ccccc5n34)n2)cc1. The summed E-state index contributed by atoms with van der Waals surface area (Å²) in [6.45, 7) is 0. The van der Waals surface area contributed by atoms with Gasteiger partial charge >= 0.3 is 0 Å². The second-order valence-electron chi connectivity index (χ2n) is 15.5. The van der Waals surface area contributed by atoms with Crippen molar-refractivity contribution in [3.05, 3.63) is 200 Å². The van der Waals surface area contributed by atoms with Gasteiger partial charge in [-0.3, -0.25) is 8.97 Å². The van der Waals surface area contributed by atoms with E-state index in [1.165, 1.54) is 27.2 Å². The topological polar surface area (TPSA) is 65.8 Å². The fourth-order valence-corrected chi connectivity index (χ4v) is 9.35. The lowest BCUT2D eigenvalue weighted by molar-refractivity contribution is 0.947. The molecule has 0 fully saturated rings. The monoisotopic (exact) mass is 779 g/mol. The number of pyridine rings is 1. The molecule has 0 saturated carbocycles. The van der Waals surface area contributed by atoms with Crippen molar-refractivity contribution in [3.8, 4) is 45.5 Å². The number of hydrogen-bond donors (Lipinski definition) is 0. The van der Waals surface area contributed by atoms with Crippen LogP contribution in [0.4, 0.5) is 0 Å². The number of hydrogen-bond acceptors (Lipinski definition) is 4. The quantitative estimate of drug-likeness (QED) is 0.163. The number of aromatic nitrogens is 7. The second kappa shape index (κ2) is 13.0. The van der Waals surface area contributed by atoms with Crippen LogP contribution in [0.5, 0.6) is 0 Å². The molecule has 0 spiro atoms. The Hall–Kier alpha value is -8.42. The average molecular weight is 780 g/mol. The van der Waals surface area contributed by atoms with E-state index in [1.807, 2.05) is 60.7 Å². The molecule has 0 atom stereocenters. The highest BCUT2D eigenvalue weighted by molar-refractivity contribution is 6.18. The molecular formula is C54H33N7. The molecule has 5 aromatic heterocycles. The Bertz CT molecular complexity index is 3810. The van der Waals surface area contributed by atoms with Gasteiger partial charge in [-0.05, 0) is 65.0 Å². The number of para-hydroxylation sites is 3. The summed E-state index contributed by atoms with van der Waals surface area (Å²) in [6, 6.07) is 70.3. The van der Waals surface area contributed by atoms with E-state index in [9.17, 15) is 0 Å². The third-order valence-corrected chi connectivity index (χ3v) is 12.1. The van der Waals surface area contributed by atoms with Gasteiger partial charge in [-0.2, -0.15) is 9.97 Å². The minimum Gasteiger partial charge on any atom is -0.309 e. The lowest BCUT2D eigenvalue weighted by Gasteiger charge is -2.11. The van der Waals surface area contributed by atoms with Crippen LogP contribution < -0.4 is 0 Å². The summed E-state index contributed by atoms with van der Waals surface area (Å²) >= 11 is 0. The molecule has 61 heavy (non-hydrogen) atoms. The van der Waals surface area contributed by atoms with Crippen molar-refractivity contribution in [2.75, 3.05) is 0 Å². The predicted molar refractivity (Wildman–Crippen MR) is 249 cm³/mol. The molecule has 7 heteroatoms. The molecule has 0 aliphatic rings. The normalized spacial score (nSPS) is 11.9. The molecule has 0 saturated heterocycles. The molecule has 0 aliphatic heterocycles.